The minimum Gasteiger partial charge on any atom is -0.298 e. The van der Waals surface area contributed by atoms with E-state index in [-0.39, 0.29) is 5.78 Å². The SMILES string of the molecule is N#C[C@@]1(C/C=C/Cc2ccccc2)CCCC1=O. The van der Waals surface area contributed by atoms with Crippen LogP contribution in [0.1, 0.15) is 31.2 Å². The highest BCUT2D eigenvalue weighted by molar-refractivity contribution is 5.89. The summed E-state index contributed by atoms with van der Waals surface area (Å²) in [7, 11) is 0. The van der Waals surface area contributed by atoms with Gasteiger partial charge in [-0.2, -0.15) is 5.26 Å². The molecule has 0 amide bonds. The number of nitrogens with zero attached hydrogens (tertiary/aromatic N) is 1. The van der Waals surface area contributed by atoms with Crippen molar-refractivity contribution in [3.05, 3.63) is 48.0 Å². The number of hydrogen-bond acceptors (Lipinski definition) is 2. The number of ketones is 1. The van der Waals surface area contributed by atoms with Gasteiger partial charge in [0.05, 0.1) is 6.07 Å². The van der Waals surface area contributed by atoms with Crippen molar-refractivity contribution in [3.8, 4) is 6.07 Å². The third-order valence-corrected chi connectivity index (χ3v) is 3.58. The Hall–Kier alpha value is -1.88. The second-order valence-corrected chi connectivity index (χ2v) is 4.84. The van der Waals surface area contributed by atoms with Crippen molar-refractivity contribution in [2.75, 3.05) is 0 Å². The van der Waals surface area contributed by atoms with E-state index in [1.54, 1.807) is 0 Å². The molecule has 1 fully saturated rings. The van der Waals surface area contributed by atoms with E-state index in [0.29, 0.717) is 12.8 Å². The van der Waals surface area contributed by atoms with Crippen LogP contribution in [0, 0.1) is 16.7 Å². The molecule has 0 N–H and O–H groups in total. The summed E-state index contributed by atoms with van der Waals surface area (Å²) in [5.74, 6) is 0.120. The predicted molar refractivity (Wildman–Crippen MR) is 70.8 cm³/mol. The van der Waals surface area contributed by atoms with Crippen molar-refractivity contribution in [2.24, 2.45) is 5.41 Å². The number of carbonyl (C=O) groups excluding carboxylic acids is 1. The fourth-order valence-corrected chi connectivity index (χ4v) is 2.43. The lowest BCUT2D eigenvalue weighted by Gasteiger charge is -2.15. The molecule has 2 rings (SSSR count). The Morgan fingerprint density at radius 1 is 1.28 bits per heavy atom. The first-order chi connectivity index (χ1) is 8.77. The summed E-state index contributed by atoms with van der Waals surface area (Å²) < 4.78 is 0. The van der Waals surface area contributed by atoms with E-state index in [4.69, 9.17) is 0 Å². The van der Waals surface area contributed by atoms with E-state index in [9.17, 15) is 10.1 Å². The second-order valence-electron chi connectivity index (χ2n) is 4.84. The molecule has 1 saturated carbocycles. The number of benzene rings is 1. The van der Waals surface area contributed by atoms with Gasteiger partial charge in [0.2, 0.25) is 0 Å². The lowest BCUT2D eigenvalue weighted by atomic mass is 9.83. The van der Waals surface area contributed by atoms with Gasteiger partial charge in [0.1, 0.15) is 5.41 Å². The Morgan fingerprint density at radius 2 is 2.06 bits per heavy atom. The third-order valence-electron chi connectivity index (χ3n) is 3.58. The zero-order chi connectivity index (χ0) is 12.8. The van der Waals surface area contributed by atoms with Crippen LogP contribution in [-0.4, -0.2) is 5.78 Å². The number of nitriles is 1. The highest BCUT2D eigenvalue weighted by Gasteiger charge is 2.40. The normalized spacial score (nSPS) is 23.4. The molecule has 0 unspecified atom stereocenters. The molecule has 0 aromatic heterocycles. The van der Waals surface area contributed by atoms with E-state index in [1.165, 1.54) is 5.56 Å². The van der Waals surface area contributed by atoms with Gasteiger partial charge in [0.25, 0.3) is 0 Å². The molecule has 0 bridgehead atoms. The van der Waals surface area contributed by atoms with Gasteiger partial charge in [-0.15, -0.1) is 0 Å². The van der Waals surface area contributed by atoms with Crippen molar-refractivity contribution in [1.29, 1.82) is 5.26 Å². The molecule has 1 aromatic rings. The van der Waals surface area contributed by atoms with Gasteiger partial charge < -0.3 is 0 Å². The molecule has 2 nitrogen and oxygen atoms in total. The topological polar surface area (TPSA) is 40.9 Å². The summed E-state index contributed by atoms with van der Waals surface area (Å²) in [6, 6.07) is 12.4. The Balaban J connectivity index is 1.91. The van der Waals surface area contributed by atoms with E-state index in [0.717, 1.165) is 19.3 Å². The van der Waals surface area contributed by atoms with E-state index in [2.05, 4.69) is 24.3 Å². The number of hydrogen-bond donors (Lipinski definition) is 0. The summed E-state index contributed by atoms with van der Waals surface area (Å²) in [6.45, 7) is 0. The molecule has 2 heteroatoms. The molecule has 1 aliphatic carbocycles. The van der Waals surface area contributed by atoms with Crippen LogP contribution < -0.4 is 0 Å². The van der Waals surface area contributed by atoms with Gasteiger partial charge in [0.15, 0.2) is 5.78 Å². The van der Waals surface area contributed by atoms with Gasteiger partial charge in [-0.1, -0.05) is 42.5 Å². The van der Waals surface area contributed by atoms with E-state index >= 15 is 0 Å². The highest BCUT2D eigenvalue weighted by Crippen LogP contribution is 2.37. The van der Waals surface area contributed by atoms with Gasteiger partial charge in [-0.3, -0.25) is 4.79 Å². The van der Waals surface area contributed by atoms with Crippen LogP contribution in [-0.2, 0) is 11.2 Å². The standard InChI is InChI=1S/C16H17NO/c17-13-16(12-6-10-15(16)18)11-5-4-9-14-7-2-1-3-8-14/h1-5,7-8H,6,9-12H2/b5-4+/t16-/m1/s1. The van der Waals surface area contributed by atoms with E-state index in [1.807, 2.05) is 24.3 Å². The summed E-state index contributed by atoms with van der Waals surface area (Å²) in [6.07, 6.45) is 7.61. The van der Waals surface area contributed by atoms with Crippen molar-refractivity contribution >= 4 is 5.78 Å². The molecule has 0 saturated heterocycles. The quantitative estimate of drug-likeness (QED) is 0.755. The highest BCUT2D eigenvalue weighted by atomic mass is 16.1. The first-order valence-corrected chi connectivity index (χ1v) is 6.40. The van der Waals surface area contributed by atoms with Crippen molar-refractivity contribution in [1.82, 2.24) is 0 Å². The Bertz CT molecular complexity index is 484. The van der Waals surface area contributed by atoms with Crippen LogP contribution in [0.5, 0.6) is 0 Å². The zero-order valence-corrected chi connectivity index (χ0v) is 10.4. The van der Waals surface area contributed by atoms with Crippen LogP contribution in [0.25, 0.3) is 0 Å². The first-order valence-electron chi connectivity index (χ1n) is 6.40. The average molecular weight is 239 g/mol. The lowest BCUT2D eigenvalue weighted by molar-refractivity contribution is -0.123. The van der Waals surface area contributed by atoms with Gasteiger partial charge in [-0.25, -0.2) is 0 Å². The molecule has 0 heterocycles. The summed E-state index contributed by atoms with van der Waals surface area (Å²) in [5, 5.41) is 9.20. The molecule has 92 valence electrons. The monoisotopic (exact) mass is 239 g/mol. The maximum absolute atomic E-state index is 11.7. The molecule has 0 aliphatic heterocycles. The molecule has 1 aromatic carbocycles. The Labute approximate surface area is 108 Å². The molecule has 18 heavy (non-hydrogen) atoms. The van der Waals surface area contributed by atoms with Gasteiger partial charge >= 0.3 is 0 Å². The Morgan fingerprint density at radius 3 is 2.67 bits per heavy atom. The summed E-state index contributed by atoms with van der Waals surface area (Å²) in [4.78, 5) is 11.7. The number of Topliss-reactive ketones (excluding diaryl/α,β-unsaturated/α-hetero) is 1. The molecule has 1 atom stereocenters. The van der Waals surface area contributed by atoms with Crippen LogP contribution in [0.3, 0.4) is 0 Å². The maximum atomic E-state index is 11.7. The molecular formula is C16H17NO. The fourth-order valence-electron chi connectivity index (χ4n) is 2.43. The maximum Gasteiger partial charge on any atom is 0.153 e. The predicted octanol–water partition coefficient (Wildman–Crippen LogP) is 3.44. The largest absolute Gasteiger partial charge is 0.298 e. The van der Waals surface area contributed by atoms with Gasteiger partial charge in [-0.05, 0) is 31.2 Å². The second kappa shape index (κ2) is 5.64. The number of rotatable bonds is 4. The minimum atomic E-state index is -0.729. The summed E-state index contributed by atoms with van der Waals surface area (Å²) in [5.41, 5.74) is 0.519. The first kappa shape index (κ1) is 12.6. The molecule has 1 aliphatic rings. The lowest BCUT2D eigenvalue weighted by Crippen LogP contribution is -2.22. The fraction of sp³-hybridized carbons (Fsp3) is 0.375. The van der Waals surface area contributed by atoms with E-state index < -0.39 is 5.41 Å². The van der Waals surface area contributed by atoms with Crippen LogP contribution in [0.4, 0.5) is 0 Å². The van der Waals surface area contributed by atoms with Crippen LogP contribution in [0.2, 0.25) is 0 Å². The molecule has 0 spiro atoms. The van der Waals surface area contributed by atoms with Crippen molar-refractivity contribution in [2.45, 2.75) is 32.1 Å². The van der Waals surface area contributed by atoms with Crippen molar-refractivity contribution < 1.29 is 4.79 Å². The van der Waals surface area contributed by atoms with Crippen molar-refractivity contribution in [3.63, 3.8) is 0 Å². The van der Waals surface area contributed by atoms with Crippen LogP contribution >= 0.6 is 0 Å². The number of allylic oxidation sites excluding steroid dienone is 2. The zero-order valence-electron chi connectivity index (χ0n) is 10.4. The molecular weight excluding hydrogens is 222 g/mol. The van der Waals surface area contributed by atoms with Crippen LogP contribution in [0.15, 0.2) is 42.5 Å². The van der Waals surface area contributed by atoms with Gasteiger partial charge in [0, 0.05) is 6.42 Å². The Kier molecular flexibility index (Phi) is 3.94. The smallest absolute Gasteiger partial charge is 0.153 e. The third kappa shape index (κ3) is 2.68. The average Bonchev–Trinajstić information content (AvgIpc) is 2.78. The minimum absolute atomic E-state index is 0.120. The number of carbonyl (C=O) groups is 1. The molecule has 0 radical (unpaired) electrons. The summed E-state index contributed by atoms with van der Waals surface area (Å²) >= 11 is 0.